The van der Waals surface area contributed by atoms with Gasteiger partial charge >= 0.3 is 11.9 Å². The molecule has 0 atom stereocenters. The number of hydrogen-bond donors (Lipinski definition) is 2. The number of aliphatic carboxylic acids is 2. The summed E-state index contributed by atoms with van der Waals surface area (Å²) < 4.78 is 14.0. The van der Waals surface area contributed by atoms with Gasteiger partial charge in [0, 0.05) is 54.9 Å². The maximum Gasteiger partial charge on any atom is 0.414 e. The zero-order valence-electron chi connectivity index (χ0n) is 19.3. The number of hydrogen-bond acceptors (Lipinski definition) is 5. The highest BCUT2D eigenvalue weighted by molar-refractivity contribution is 6.31. The molecule has 0 unspecified atom stereocenters. The van der Waals surface area contributed by atoms with Crippen LogP contribution in [0.15, 0.2) is 48.5 Å². The Kier molecular flexibility index (Phi) is 9.45. The second-order valence-corrected chi connectivity index (χ2v) is 8.92. The van der Waals surface area contributed by atoms with E-state index in [-0.39, 0.29) is 17.6 Å². The molecule has 2 aliphatic heterocycles. The van der Waals surface area contributed by atoms with Crippen molar-refractivity contribution in [2.24, 2.45) is 5.92 Å². The van der Waals surface area contributed by atoms with Gasteiger partial charge in [-0.05, 0) is 50.2 Å². The monoisotopic (exact) mass is 505 g/mol. The van der Waals surface area contributed by atoms with Gasteiger partial charge in [0.25, 0.3) is 0 Å². The molecule has 2 aromatic carbocycles. The van der Waals surface area contributed by atoms with Crippen molar-refractivity contribution in [2.45, 2.75) is 19.4 Å². The molecule has 0 spiro atoms. The van der Waals surface area contributed by atoms with Crippen molar-refractivity contribution in [1.29, 1.82) is 0 Å². The molecule has 10 heteroatoms. The summed E-state index contributed by atoms with van der Waals surface area (Å²) >= 11 is 6.15. The molecule has 8 nitrogen and oxygen atoms in total. The van der Waals surface area contributed by atoms with Crippen molar-refractivity contribution in [3.63, 3.8) is 0 Å². The Balaban J connectivity index is 0.000000509. The van der Waals surface area contributed by atoms with Gasteiger partial charge in [0.05, 0.1) is 0 Å². The van der Waals surface area contributed by atoms with Gasteiger partial charge in [0.15, 0.2) is 0 Å². The Morgan fingerprint density at radius 2 is 1.46 bits per heavy atom. The van der Waals surface area contributed by atoms with Crippen LogP contribution in [0.25, 0.3) is 0 Å². The van der Waals surface area contributed by atoms with Crippen LogP contribution in [-0.4, -0.2) is 77.1 Å². The predicted octanol–water partition coefficient (Wildman–Crippen LogP) is 3.20. The van der Waals surface area contributed by atoms with E-state index < -0.39 is 11.9 Å². The van der Waals surface area contributed by atoms with Gasteiger partial charge in [-0.25, -0.2) is 14.0 Å². The third kappa shape index (κ3) is 7.40. The van der Waals surface area contributed by atoms with E-state index in [2.05, 4.69) is 34.1 Å². The topological polar surface area (TPSA) is 101 Å². The molecule has 0 aromatic heterocycles. The lowest BCUT2D eigenvalue weighted by molar-refractivity contribution is -0.159. The fourth-order valence-corrected chi connectivity index (χ4v) is 4.55. The summed E-state index contributed by atoms with van der Waals surface area (Å²) in [6, 6.07) is 15.2. The second-order valence-electron chi connectivity index (χ2n) is 8.51. The molecule has 1 amide bonds. The maximum atomic E-state index is 14.0. The number of carboxylic acids is 2. The number of para-hydroxylation sites is 1. The summed E-state index contributed by atoms with van der Waals surface area (Å²) in [6.07, 6.45) is 1.65. The number of nitrogens with zero attached hydrogens (tertiary/aromatic N) is 3. The van der Waals surface area contributed by atoms with Gasteiger partial charge in [0.2, 0.25) is 5.91 Å². The Morgan fingerprint density at radius 1 is 0.857 bits per heavy atom. The molecule has 2 heterocycles. The minimum Gasteiger partial charge on any atom is -0.473 e. The first-order valence-corrected chi connectivity index (χ1v) is 11.8. The van der Waals surface area contributed by atoms with Crippen LogP contribution in [0.3, 0.4) is 0 Å². The second kappa shape index (κ2) is 12.5. The van der Waals surface area contributed by atoms with Crippen LogP contribution in [0.1, 0.15) is 18.4 Å². The average molecular weight is 506 g/mol. The molecule has 0 saturated carbocycles. The van der Waals surface area contributed by atoms with Crippen LogP contribution >= 0.6 is 11.6 Å². The molecule has 2 saturated heterocycles. The van der Waals surface area contributed by atoms with Gasteiger partial charge in [0.1, 0.15) is 5.82 Å². The summed E-state index contributed by atoms with van der Waals surface area (Å²) in [4.78, 5) is 37.7. The fraction of sp³-hybridized carbons (Fsp3) is 0.400. The van der Waals surface area contributed by atoms with E-state index in [1.165, 1.54) is 11.8 Å². The van der Waals surface area contributed by atoms with Crippen molar-refractivity contribution >= 4 is 35.1 Å². The molecule has 0 radical (unpaired) electrons. The van der Waals surface area contributed by atoms with Gasteiger partial charge < -0.3 is 20.0 Å². The predicted molar refractivity (Wildman–Crippen MR) is 130 cm³/mol. The zero-order valence-corrected chi connectivity index (χ0v) is 20.0. The standard InChI is InChI=1S/C23H27ClFN3O.C2H2O4/c24-21-7-4-8-22(25)20(21)17-26-11-9-18(10-12-26)23(29)28-15-13-27(14-16-28)19-5-2-1-3-6-19;3-1(4)2(5)6/h1-8,18H,9-17H2;(H,3,4)(H,5,6). The lowest BCUT2D eigenvalue weighted by atomic mass is 9.94. The molecule has 35 heavy (non-hydrogen) atoms. The largest absolute Gasteiger partial charge is 0.473 e. The third-order valence-corrected chi connectivity index (χ3v) is 6.63. The maximum absolute atomic E-state index is 14.0. The molecular weight excluding hydrogens is 477 g/mol. The van der Waals surface area contributed by atoms with Crippen LogP contribution in [0.5, 0.6) is 0 Å². The van der Waals surface area contributed by atoms with Crippen LogP contribution in [-0.2, 0) is 20.9 Å². The zero-order chi connectivity index (χ0) is 25.4. The van der Waals surface area contributed by atoms with Crippen LogP contribution < -0.4 is 4.90 Å². The molecule has 0 aliphatic carbocycles. The first kappa shape index (κ1) is 26.4. The molecule has 2 aliphatic rings. The average Bonchev–Trinajstić information content (AvgIpc) is 2.87. The molecule has 2 fully saturated rings. The summed E-state index contributed by atoms with van der Waals surface area (Å²) in [5.41, 5.74) is 1.77. The number of amides is 1. The van der Waals surface area contributed by atoms with E-state index in [0.29, 0.717) is 17.1 Å². The van der Waals surface area contributed by atoms with Gasteiger partial charge in [-0.3, -0.25) is 9.69 Å². The van der Waals surface area contributed by atoms with Crippen molar-refractivity contribution in [3.05, 3.63) is 64.9 Å². The van der Waals surface area contributed by atoms with E-state index in [0.717, 1.165) is 52.1 Å². The van der Waals surface area contributed by atoms with Crippen LogP contribution in [0.4, 0.5) is 10.1 Å². The van der Waals surface area contributed by atoms with E-state index in [4.69, 9.17) is 31.4 Å². The Hall–Kier alpha value is -3.17. The first-order valence-electron chi connectivity index (χ1n) is 11.5. The first-order chi connectivity index (χ1) is 16.8. The van der Waals surface area contributed by atoms with E-state index in [1.807, 2.05) is 11.0 Å². The smallest absolute Gasteiger partial charge is 0.414 e. The Bertz CT molecular complexity index is 991. The lowest BCUT2D eigenvalue weighted by Crippen LogP contribution is -2.51. The molecular formula is C25H29ClFN3O5. The van der Waals surface area contributed by atoms with Gasteiger partial charge in [-0.1, -0.05) is 35.9 Å². The third-order valence-electron chi connectivity index (χ3n) is 6.28. The van der Waals surface area contributed by atoms with E-state index in [1.54, 1.807) is 12.1 Å². The van der Waals surface area contributed by atoms with Crippen LogP contribution in [0, 0.1) is 11.7 Å². The van der Waals surface area contributed by atoms with Gasteiger partial charge in [-0.15, -0.1) is 0 Å². The minimum absolute atomic E-state index is 0.0746. The number of anilines is 1. The molecule has 4 rings (SSSR count). The number of piperazine rings is 1. The molecule has 0 bridgehead atoms. The number of benzene rings is 2. The number of halogens is 2. The number of likely N-dealkylation sites (tertiary alicyclic amines) is 1. The lowest BCUT2D eigenvalue weighted by Gasteiger charge is -2.39. The normalized spacial score (nSPS) is 16.9. The summed E-state index contributed by atoms with van der Waals surface area (Å²) in [5.74, 6) is -3.55. The van der Waals surface area contributed by atoms with Crippen molar-refractivity contribution in [3.8, 4) is 0 Å². The summed E-state index contributed by atoms with van der Waals surface area (Å²) in [5, 5.41) is 15.3. The van der Waals surface area contributed by atoms with Crippen molar-refractivity contribution in [1.82, 2.24) is 9.80 Å². The van der Waals surface area contributed by atoms with E-state index >= 15 is 0 Å². The minimum atomic E-state index is -1.82. The van der Waals surface area contributed by atoms with Gasteiger partial charge in [-0.2, -0.15) is 0 Å². The van der Waals surface area contributed by atoms with Crippen molar-refractivity contribution < 1.29 is 29.0 Å². The number of rotatable bonds is 4. The molecule has 188 valence electrons. The number of piperidine rings is 1. The highest BCUT2D eigenvalue weighted by Crippen LogP contribution is 2.26. The van der Waals surface area contributed by atoms with E-state index in [9.17, 15) is 9.18 Å². The number of carbonyl (C=O) groups excluding carboxylic acids is 1. The molecule has 2 N–H and O–H groups in total. The fourth-order valence-electron chi connectivity index (χ4n) is 4.33. The summed E-state index contributed by atoms with van der Waals surface area (Å²) in [6.45, 7) is 5.40. The number of carboxylic acid groups (broad SMARTS) is 2. The van der Waals surface area contributed by atoms with Crippen LogP contribution in [0.2, 0.25) is 5.02 Å². The SMILES string of the molecule is O=C(C1CCN(Cc2c(F)cccc2Cl)CC1)N1CCN(c2ccccc2)CC1.O=C(O)C(=O)O. The summed E-state index contributed by atoms with van der Waals surface area (Å²) in [7, 11) is 0. The highest BCUT2D eigenvalue weighted by Gasteiger charge is 2.30. The Morgan fingerprint density at radius 3 is 2.00 bits per heavy atom. The van der Waals surface area contributed by atoms with Crippen molar-refractivity contribution in [2.75, 3.05) is 44.2 Å². The quantitative estimate of drug-likeness (QED) is 0.615. The number of carbonyl (C=O) groups is 3. The molecule has 2 aromatic rings. The highest BCUT2D eigenvalue weighted by atomic mass is 35.5. The Labute approximate surface area is 208 Å².